The quantitative estimate of drug-likeness (QED) is 0.817. The molecule has 94 valence electrons. The molecule has 1 saturated heterocycles. The van der Waals surface area contributed by atoms with Crippen LogP contribution in [-0.2, 0) is 0 Å². The van der Waals surface area contributed by atoms with Crippen molar-refractivity contribution in [3.8, 4) is 11.8 Å². The molecule has 1 aliphatic rings. The Kier molecular flexibility index (Phi) is 3.63. The lowest BCUT2D eigenvalue weighted by Gasteiger charge is -2.31. The lowest BCUT2D eigenvalue weighted by Crippen LogP contribution is -2.49. The Bertz CT molecular complexity index is 363. The molecule has 6 nitrogen and oxygen atoms in total. The van der Waals surface area contributed by atoms with E-state index in [1.165, 1.54) is 0 Å². The van der Waals surface area contributed by atoms with Crippen molar-refractivity contribution in [2.45, 2.75) is 13.0 Å². The van der Waals surface area contributed by atoms with Crippen LogP contribution in [0.1, 0.15) is 6.92 Å². The van der Waals surface area contributed by atoms with Crippen LogP contribution in [0.5, 0.6) is 11.8 Å². The molecule has 1 aliphatic heterocycles. The molecule has 2 heterocycles. The fourth-order valence-corrected chi connectivity index (χ4v) is 1.86. The van der Waals surface area contributed by atoms with Gasteiger partial charge in [0, 0.05) is 25.7 Å². The van der Waals surface area contributed by atoms with Gasteiger partial charge in [-0.15, -0.1) is 0 Å². The summed E-state index contributed by atoms with van der Waals surface area (Å²) >= 11 is 0. The standard InChI is InChI=1S/C11H18N4O2/c1-8-7-15(5-4-12-8)11-13-9(16-2)6-10(14-11)17-3/h6,8,12H,4-5,7H2,1-3H3/t8-/m0/s1. The Morgan fingerprint density at radius 1 is 1.29 bits per heavy atom. The molecule has 6 heteroatoms. The molecule has 1 atom stereocenters. The second-order valence-corrected chi connectivity index (χ2v) is 4.05. The van der Waals surface area contributed by atoms with Gasteiger partial charge in [-0.25, -0.2) is 0 Å². The Hall–Kier alpha value is -1.56. The Morgan fingerprint density at radius 2 is 1.94 bits per heavy atom. The molecule has 0 unspecified atom stereocenters. The number of aromatic nitrogens is 2. The van der Waals surface area contributed by atoms with E-state index in [2.05, 4.69) is 27.1 Å². The van der Waals surface area contributed by atoms with Crippen LogP contribution in [0.3, 0.4) is 0 Å². The van der Waals surface area contributed by atoms with Gasteiger partial charge in [-0.2, -0.15) is 9.97 Å². The monoisotopic (exact) mass is 238 g/mol. The van der Waals surface area contributed by atoms with Crippen LogP contribution in [0.2, 0.25) is 0 Å². The number of methoxy groups -OCH3 is 2. The highest BCUT2D eigenvalue weighted by molar-refractivity contribution is 5.37. The van der Waals surface area contributed by atoms with Crippen LogP contribution < -0.4 is 19.7 Å². The summed E-state index contributed by atoms with van der Waals surface area (Å²) in [6, 6.07) is 2.11. The summed E-state index contributed by atoms with van der Waals surface area (Å²) < 4.78 is 10.3. The van der Waals surface area contributed by atoms with Crippen LogP contribution in [0.25, 0.3) is 0 Å². The maximum Gasteiger partial charge on any atom is 0.232 e. The third-order valence-corrected chi connectivity index (χ3v) is 2.74. The van der Waals surface area contributed by atoms with E-state index >= 15 is 0 Å². The maximum atomic E-state index is 5.14. The van der Waals surface area contributed by atoms with Crippen LogP contribution in [0, 0.1) is 0 Å². The highest BCUT2D eigenvalue weighted by Crippen LogP contribution is 2.20. The summed E-state index contributed by atoms with van der Waals surface area (Å²) in [5.74, 6) is 1.71. The topological polar surface area (TPSA) is 59.5 Å². The first-order valence-corrected chi connectivity index (χ1v) is 5.68. The van der Waals surface area contributed by atoms with Crippen LogP contribution >= 0.6 is 0 Å². The van der Waals surface area contributed by atoms with Crippen molar-refractivity contribution >= 4 is 5.95 Å². The van der Waals surface area contributed by atoms with E-state index in [9.17, 15) is 0 Å². The Balaban J connectivity index is 2.23. The van der Waals surface area contributed by atoms with E-state index in [1.807, 2.05) is 0 Å². The predicted molar refractivity (Wildman–Crippen MR) is 64.8 cm³/mol. The molecule has 0 saturated carbocycles. The number of anilines is 1. The minimum absolute atomic E-state index is 0.435. The third kappa shape index (κ3) is 2.76. The molecule has 1 fully saturated rings. The van der Waals surface area contributed by atoms with Crippen LogP contribution in [0.15, 0.2) is 6.07 Å². The van der Waals surface area contributed by atoms with Crippen molar-refractivity contribution in [1.82, 2.24) is 15.3 Å². The molecule has 0 aromatic carbocycles. The minimum atomic E-state index is 0.435. The van der Waals surface area contributed by atoms with Gasteiger partial charge in [0.25, 0.3) is 0 Å². The molecule has 0 radical (unpaired) electrons. The third-order valence-electron chi connectivity index (χ3n) is 2.74. The molecule has 1 aromatic rings. The van der Waals surface area contributed by atoms with Crippen LogP contribution in [-0.4, -0.2) is 49.9 Å². The molecular formula is C11H18N4O2. The number of nitrogens with zero attached hydrogens (tertiary/aromatic N) is 3. The summed E-state index contributed by atoms with van der Waals surface area (Å²) in [7, 11) is 3.18. The summed E-state index contributed by atoms with van der Waals surface area (Å²) in [5.41, 5.74) is 0. The molecule has 1 aromatic heterocycles. The normalized spacial score (nSPS) is 20.2. The average Bonchev–Trinajstić information content (AvgIpc) is 2.38. The lowest BCUT2D eigenvalue weighted by atomic mass is 10.2. The Labute approximate surface area is 101 Å². The first-order valence-electron chi connectivity index (χ1n) is 5.68. The van der Waals surface area contributed by atoms with Gasteiger partial charge in [-0.3, -0.25) is 0 Å². The van der Waals surface area contributed by atoms with Crippen molar-refractivity contribution in [3.63, 3.8) is 0 Å². The first-order chi connectivity index (χ1) is 8.22. The molecule has 0 bridgehead atoms. The number of ether oxygens (including phenoxy) is 2. The van der Waals surface area contributed by atoms with E-state index in [0.29, 0.717) is 23.8 Å². The van der Waals surface area contributed by atoms with Gasteiger partial charge in [0.05, 0.1) is 20.3 Å². The van der Waals surface area contributed by atoms with Gasteiger partial charge in [0.15, 0.2) is 0 Å². The zero-order valence-electron chi connectivity index (χ0n) is 10.4. The van der Waals surface area contributed by atoms with Gasteiger partial charge in [-0.05, 0) is 6.92 Å². The van der Waals surface area contributed by atoms with Gasteiger partial charge in [0.2, 0.25) is 17.7 Å². The summed E-state index contributed by atoms with van der Waals surface area (Å²) in [5, 5.41) is 3.38. The second-order valence-electron chi connectivity index (χ2n) is 4.05. The molecule has 2 rings (SSSR count). The van der Waals surface area contributed by atoms with E-state index in [0.717, 1.165) is 19.6 Å². The molecule has 17 heavy (non-hydrogen) atoms. The first kappa shape index (κ1) is 11.9. The fourth-order valence-electron chi connectivity index (χ4n) is 1.86. The second kappa shape index (κ2) is 5.18. The fraction of sp³-hybridized carbons (Fsp3) is 0.636. The molecule has 1 N–H and O–H groups in total. The number of hydrogen-bond donors (Lipinski definition) is 1. The minimum Gasteiger partial charge on any atom is -0.481 e. The SMILES string of the molecule is COc1cc(OC)nc(N2CCN[C@@H](C)C2)n1. The number of hydrogen-bond acceptors (Lipinski definition) is 6. The summed E-state index contributed by atoms with van der Waals surface area (Å²) in [6.45, 7) is 4.85. The molecule has 0 spiro atoms. The lowest BCUT2D eigenvalue weighted by molar-refractivity contribution is 0.370. The summed E-state index contributed by atoms with van der Waals surface area (Å²) in [4.78, 5) is 10.8. The van der Waals surface area contributed by atoms with Crippen molar-refractivity contribution < 1.29 is 9.47 Å². The zero-order valence-corrected chi connectivity index (χ0v) is 10.4. The van der Waals surface area contributed by atoms with Gasteiger partial charge >= 0.3 is 0 Å². The van der Waals surface area contributed by atoms with Crippen molar-refractivity contribution in [1.29, 1.82) is 0 Å². The molecule has 0 aliphatic carbocycles. The largest absolute Gasteiger partial charge is 0.481 e. The number of nitrogens with one attached hydrogen (secondary N) is 1. The van der Waals surface area contributed by atoms with Crippen molar-refractivity contribution in [3.05, 3.63) is 6.07 Å². The van der Waals surface area contributed by atoms with Gasteiger partial charge in [0.1, 0.15) is 0 Å². The predicted octanol–water partition coefficient (Wildman–Crippen LogP) is 0.292. The van der Waals surface area contributed by atoms with E-state index in [4.69, 9.17) is 9.47 Å². The van der Waals surface area contributed by atoms with Gasteiger partial charge in [-0.1, -0.05) is 0 Å². The zero-order chi connectivity index (χ0) is 12.3. The smallest absolute Gasteiger partial charge is 0.232 e. The Morgan fingerprint density at radius 3 is 2.47 bits per heavy atom. The summed E-state index contributed by atoms with van der Waals surface area (Å²) in [6.07, 6.45) is 0. The highest BCUT2D eigenvalue weighted by Gasteiger charge is 2.19. The maximum absolute atomic E-state index is 5.14. The molecular weight excluding hydrogens is 220 g/mol. The average molecular weight is 238 g/mol. The van der Waals surface area contributed by atoms with Crippen LogP contribution in [0.4, 0.5) is 5.95 Å². The van der Waals surface area contributed by atoms with Gasteiger partial charge < -0.3 is 19.7 Å². The van der Waals surface area contributed by atoms with E-state index in [-0.39, 0.29) is 0 Å². The van der Waals surface area contributed by atoms with E-state index < -0.39 is 0 Å². The van der Waals surface area contributed by atoms with E-state index in [1.54, 1.807) is 20.3 Å². The number of rotatable bonds is 3. The van der Waals surface area contributed by atoms with Crippen molar-refractivity contribution in [2.24, 2.45) is 0 Å². The number of piperazine rings is 1. The highest BCUT2D eigenvalue weighted by atomic mass is 16.5. The molecule has 0 amide bonds. The van der Waals surface area contributed by atoms with Crippen molar-refractivity contribution in [2.75, 3.05) is 38.8 Å².